The van der Waals surface area contributed by atoms with Crippen molar-refractivity contribution < 1.29 is 28.6 Å². The Kier molecular flexibility index (Phi) is 12.8. The van der Waals surface area contributed by atoms with Crippen LogP contribution in [0.1, 0.15) is 59.3 Å². The van der Waals surface area contributed by atoms with Crippen LogP contribution in [-0.2, 0) is 23.7 Å². The van der Waals surface area contributed by atoms with Crippen LogP contribution < -0.4 is 0 Å². The summed E-state index contributed by atoms with van der Waals surface area (Å²) in [6.07, 6.45) is 2.88. The fourth-order valence-electron chi connectivity index (χ4n) is 3.01. The first-order valence-corrected chi connectivity index (χ1v) is 10.2. The van der Waals surface area contributed by atoms with Crippen molar-refractivity contribution in [1.29, 1.82) is 0 Å². The van der Waals surface area contributed by atoms with Crippen LogP contribution in [0.3, 0.4) is 0 Å². The molecule has 160 valence electrons. The quantitative estimate of drug-likeness (QED) is 0.241. The van der Waals surface area contributed by atoms with Gasteiger partial charge >= 0.3 is 0 Å². The van der Waals surface area contributed by atoms with Crippen molar-refractivity contribution in [2.24, 2.45) is 0 Å². The molecule has 1 aliphatic rings. The van der Waals surface area contributed by atoms with E-state index in [1.54, 1.807) is 0 Å². The second-order valence-electron chi connectivity index (χ2n) is 6.86. The fourth-order valence-corrected chi connectivity index (χ4v) is 3.01. The van der Waals surface area contributed by atoms with Gasteiger partial charge in [-0.05, 0) is 19.3 Å². The summed E-state index contributed by atoms with van der Waals surface area (Å²) < 4.78 is 28.8. The Hall–Kier alpha value is -0.800. The first kappa shape index (κ1) is 24.2. The highest BCUT2D eigenvalue weighted by Crippen LogP contribution is 2.29. The van der Waals surface area contributed by atoms with Gasteiger partial charge in [-0.3, -0.25) is 10.1 Å². The smallest absolute Gasteiger partial charge is 0.291 e. The number of nitrogens with zero attached hydrogens (tertiary/aromatic N) is 1. The molecule has 0 amide bonds. The zero-order valence-corrected chi connectivity index (χ0v) is 17.3. The van der Waals surface area contributed by atoms with E-state index in [2.05, 4.69) is 20.8 Å². The molecule has 8 heteroatoms. The minimum absolute atomic E-state index is 0.300. The standard InChI is InChI=1S/C19H37NO7/c1-5-8-11-24-14-15-17(25-12-9-6-2)18(26-13-10-7-3)16(20(21)22)19(23-4)27-15/h15-19H,5-14H2,1-4H3/t15-,16-,17+,18-,19-/m1/s1. The largest absolute Gasteiger partial charge is 0.379 e. The van der Waals surface area contributed by atoms with E-state index in [4.69, 9.17) is 23.7 Å². The molecule has 0 aromatic heterocycles. The molecular formula is C19H37NO7. The molecule has 8 nitrogen and oxygen atoms in total. The van der Waals surface area contributed by atoms with Gasteiger partial charge in [0.25, 0.3) is 6.04 Å². The van der Waals surface area contributed by atoms with Crippen LogP contribution in [0.4, 0.5) is 0 Å². The monoisotopic (exact) mass is 391 g/mol. The number of ether oxygens (including phenoxy) is 5. The first-order valence-electron chi connectivity index (χ1n) is 10.2. The summed E-state index contributed by atoms with van der Waals surface area (Å²) in [6, 6.07) is -1.13. The molecule has 0 radical (unpaired) electrons. The molecule has 0 aromatic rings. The Labute approximate surface area is 163 Å². The minimum Gasteiger partial charge on any atom is -0.379 e. The van der Waals surface area contributed by atoms with E-state index >= 15 is 0 Å². The topological polar surface area (TPSA) is 89.3 Å². The molecule has 0 spiro atoms. The highest BCUT2D eigenvalue weighted by molar-refractivity contribution is 4.92. The molecule has 1 aliphatic heterocycles. The maximum absolute atomic E-state index is 11.7. The van der Waals surface area contributed by atoms with Gasteiger partial charge in [0.2, 0.25) is 6.29 Å². The van der Waals surface area contributed by atoms with E-state index in [1.165, 1.54) is 7.11 Å². The zero-order chi connectivity index (χ0) is 20.1. The third-order valence-corrected chi connectivity index (χ3v) is 4.63. The predicted molar refractivity (Wildman–Crippen MR) is 101 cm³/mol. The summed E-state index contributed by atoms with van der Waals surface area (Å²) in [6.45, 7) is 8.09. The third kappa shape index (κ3) is 7.99. The fraction of sp³-hybridized carbons (Fsp3) is 1.00. The number of rotatable bonds is 15. The predicted octanol–water partition coefficient (Wildman–Crippen LogP) is 3.19. The molecule has 0 bridgehead atoms. The summed E-state index contributed by atoms with van der Waals surface area (Å²) in [5.41, 5.74) is 0. The Balaban J connectivity index is 2.94. The van der Waals surface area contributed by atoms with Crippen molar-refractivity contribution in [2.45, 2.75) is 89.9 Å². The van der Waals surface area contributed by atoms with E-state index in [9.17, 15) is 10.1 Å². The maximum atomic E-state index is 11.7. The minimum atomic E-state index is -1.13. The van der Waals surface area contributed by atoms with E-state index in [1.807, 2.05) is 0 Å². The van der Waals surface area contributed by atoms with Gasteiger partial charge in [-0.25, -0.2) is 0 Å². The van der Waals surface area contributed by atoms with E-state index < -0.39 is 30.6 Å². The van der Waals surface area contributed by atoms with Crippen LogP contribution in [0.15, 0.2) is 0 Å². The zero-order valence-electron chi connectivity index (χ0n) is 17.3. The molecule has 1 rings (SSSR count). The van der Waals surface area contributed by atoms with Gasteiger partial charge in [0, 0.05) is 31.9 Å². The summed E-state index contributed by atoms with van der Waals surface area (Å²) in [5, 5.41) is 11.7. The van der Waals surface area contributed by atoms with Crippen molar-refractivity contribution in [3.05, 3.63) is 10.1 Å². The lowest BCUT2D eigenvalue weighted by atomic mass is 9.96. The highest BCUT2D eigenvalue weighted by atomic mass is 16.7. The number of unbranched alkanes of at least 4 members (excludes halogenated alkanes) is 3. The van der Waals surface area contributed by atoms with Crippen molar-refractivity contribution in [1.82, 2.24) is 0 Å². The second kappa shape index (κ2) is 14.2. The number of nitro groups is 1. The Morgan fingerprint density at radius 2 is 1.48 bits per heavy atom. The van der Waals surface area contributed by atoms with Crippen molar-refractivity contribution in [2.75, 3.05) is 33.5 Å². The number of methoxy groups -OCH3 is 1. The number of hydrogen-bond acceptors (Lipinski definition) is 7. The maximum Gasteiger partial charge on any atom is 0.291 e. The van der Waals surface area contributed by atoms with Crippen molar-refractivity contribution >= 4 is 0 Å². The van der Waals surface area contributed by atoms with Crippen LogP contribution in [0.2, 0.25) is 0 Å². The summed E-state index contributed by atoms with van der Waals surface area (Å²) in [5.74, 6) is 0. The molecule has 0 saturated carbocycles. The average Bonchev–Trinajstić information content (AvgIpc) is 2.66. The van der Waals surface area contributed by atoms with Crippen molar-refractivity contribution in [3.63, 3.8) is 0 Å². The molecule has 5 atom stereocenters. The molecule has 1 fully saturated rings. The van der Waals surface area contributed by atoms with E-state index in [-0.39, 0.29) is 4.92 Å². The van der Waals surface area contributed by atoms with Crippen LogP contribution >= 0.6 is 0 Å². The van der Waals surface area contributed by atoms with Gasteiger partial charge in [-0.2, -0.15) is 0 Å². The van der Waals surface area contributed by atoms with Gasteiger partial charge in [0.1, 0.15) is 12.2 Å². The number of hydrogen-bond donors (Lipinski definition) is 0. The molecule has 0 aliphatic carbocycles. The Morgan fingerprint density at radius 3 is 2.00 bits per heavy atom. The SMILES string of the molecule is CCCCOC[C@H]1O[C@@H](OC)[C@H]([N+](=O)[O-])[C@@H](OCCCC)[C@H]1OCCCC. The third-order valence-electron chi connectivity index (χ3n) is 4.63. The summed E-state index contributed by atoms with van der Waals surface area (Å²) >= 11 is 0. The molecule has 1 heterocycles. The molecule has 0 N–H and O–H groups in total. The van der Waals surface area contributed by atoms with Gasteiger partial charge in [-0.15, -0.1) is 0 Å². The Bertz CT molecular complexity index is 396. The lowest BCUT2D eigenvalue weighted by molar-refractivity contribution is -0.575. The summed E-state index contributed by atoms with van der Waals surface area (Å²) in [4.78, 5) is 11.3. The normalized spacial score (nSPS) is 28.4. The van der Waals surface area contributed by atoms with Crippen molar-refractivity contribution in [3.8, 4) is 0 Å². The van der Waals surface area contributed by atoms with Crippen LogP contribution in [0, 0.1) is 10.1 Å². The Morgan fingerprint density at radius 1 is 0.926 bits per heavy atom. The van der Waals surface area contributed by atoms with Crippen LogP contribution in [0.25, 0.3) is 0 Å². The highest BCUT2D eigenvalue weighted by Gasteiger charge is 2.54. The molecule has 0 unspecified atom stereocenters. The first-order chi connectivity index (χ1) is 13.1. The van der Waals surface area contributed by atoms with Gasteiger partial charge in [-0.1, -0.05) is 40.0 Å². The summed E-state index contributed by atoms with van der Waals surface area (Å²) in [7, 11) is 1.41. The van der Waals surface area contributed by atoms with Crippen LogP contribution in [0.5, 0.6) is 0 Å². The molecule has 0 aromatic carbocycles. The lowest BCUT2D eigenvalue weighted by Gasteiger charge is -2.41. The van der Waals surface area contributed by atoms with Crippen LogP contribution in [-0.4, -0.2) is 69.1 Å². The second-order valence-corrected chi connectivity index (χ2v) is 6.86. The molecule has 27 heavy (non-hydrogen) atoms. The average molecular weight is 392 g/mol. The van der Waals surface area contributed by atoms with Gasteiger partial charge < -0.3 is 23.7 Å². The van der Waals surface area contributed by atoms with Gasteiger partial charge in [0.15, 0.2) is 6.10 Å². The van der Waals surface area contributed by atoms with E-state index in [0.717, 1.165) is 38.5 Å². The molecule has 1 saturated heterocycles. The lowest BCUT2D eigenvalue weighted by Crippen LogP contribution is -2.63. The van der Waals surface area contributed by atoms with Gasteiger partial charge in [0.05, 0.1) is 6.61 Å². The molecular weight excluding hydrogens is 354 g/mol. The van der Waals surface area contributed by atoms with E-state index in [0.29, 0.717) is 26.4 Å².